The van der Waals surface area contributed by atoms with E-state index in [0.717, 1.165) is 0 Å². The van der Waals surface area contributed by atoms with Crippen LogP contribution in [0.5, 0.6) is 0 Å². The van der Waals surface area contributed by atoms with Gasteiger partial charge in [-0.1, -0.05) is 43.1 Å². The van der Waals surface area contributed by atoms with Gasteiger partial charge < -0.3 is 10.2 Å². The first-order chi connectivity index (χ1) is 9.81. The Labute approximate surface area is 135 Å². The van der Waals surface area contributed by atoms with Crippen LogP contribution in [0.15, 0.2) is 18.2 Å². The van der Waals surface area contributed by atoms with Crippen LogP contribution in [0.2, 0.25) is 10.0 Å². The third-order valence-electron chi connectivity index (χ3n) is 2.87. The van der Waals surface area contributed by atoms with Crippen LogP contribution in [0.25, 0.3) is 0 Å². The summed E-state index contributed by atoms with van der Waals surface area (Å²) in [5.41, 5.74) is 0.479. The van der Waals surface area contributed by atoms with Crippen molar-refractivity contribution >= 4 is 40.7 Å². The van der Waals surface area contributed by atoms with Gasteiger partial charge in [0.2, 0.25) is 11.8 Å². The molecule has 21 heavy (non-hydrogen) atoms. The first kappa shape index (κ1) is 17.8. The molecule has 4 nitrogen and oxygen atoms in total. The summed E-state index contributed by atoms with van der Waals surface area (Å²) in [6.07, 6.45) is 0.217. The SMILES string of the molecule is CC(=O)N(CCC(=O)Nc1cccc(Cl)c1Cl)CC(C)C. The molecule has 0 aliphatic heterocycles. The fraction of sp³-hybridized carbons (Fsp3) is 0.467. The lowest BCUT2D eigenvalue weighted by Gasteiger charge is -2.22. The van der Waals surface area contributed by atoms with Crippen molar-refractivity contribution in [2.75, 3.05) is 18.4 Å². The molecule has 0 radical (unpaired) electrons. The van der Waals surface area contributed by atoms with Crippen molar-refractivity contribution < 1.29 is 9.59 Å². The van der Waals surface area contributed by atoms with Crippen LogP contribution in [0.1, 0.15) is 27.2 Å². The molecule has 0 aromatic heterocycles. The first-order valence-electron chi connectivity index (χ1n) is 6.80. The number of benzene rings is 1. The van der Waals surface area contributed by atoms with Gasteiger partial charge in [-0.25, -0.2) is 0 Å². The van der Waals surface area contributed by atoms with Crippen molar-refractivity contribution in [1.29, 1.82) is 0 Å². The third-order valence-corrected chi connectivity index (χ3v) is 3.68. The number of carbonyl (C=O) groups excluding carboxylic acids is 2. The molecule has 0 fully saturated rings. The molecule has 0 bridgehead atoms. The fourth-order valence-corrected chi connectivity index (χ4v) is 2.22. The molecule has 2 amide bonds. The topological polar surface area (TPSA) is 49.4 Å². The zero-order valence-corrected chi connectivity index (χ0v) is 14.0. The first-order valence-corrected chi connectivity index (χ1v) is 7.56. The molecule has 0 spiro atoms. The summed E-state index contributed by atoms with van der Waals surface area (Å²) in [6, 6.07) is 5.05. The molecule has 0 atom stereocenters. The molecule has 0 saturated carbocycles. The summed E-state index contributed by atoms with van der Waals surface area (Å²) in [5, 5.41) is 3.41. The van der Waals surface area contributed by atoms with E-state index in [-0.39, 0.29) is 18.2 Å². The lowest BCUT2D eigenvalue weighted by Crippen LogP contribution is -2.34. The minimum atomic E-state index is -0.200. The molecule has 0 aliphatic rings. The zero-order chi connectivity index (χ0) is 16.0. The maximum Gasteiger partial charge on any atom is 0.226 e. The second-order valence-electron chi connectivity index (χ2n) is 5.26. The van der Waals surface area contributed by atoms with Gasteiger partial charge in [0, 0.05) is 26.4 Å². The van der Waals surface area contributed by atoms with Gasteiger partial charge in [0.25, 0.3) is 0 Å². The van der Waals surface area contributed by atoms with Gasteiger partial charge in [0.1, 0.15) is 0 Å². The molecular weight excluding hydrogens is 311 g/mol. The maximum atomic E-state index is 11.9. The third kappa shape index (κ3) is 5.94. The van der Waals surface area contributed by atoms with E-state index < -0.39 is 0 Å². The predicted molar refractivity (Wildman–Crippen MR) is 86.8 cm³/mol. The van der Waals surface area contributed by atoms with Crippen LogP contribution in [-0.2, 0) is 9.59 Å². The van der Waals surface area contributed by atoms with Crippen LogP contribution in [0.4, 0.5) is 5.69 Å². The number of carbonyl (C=O) groups is 2. The van der Waals surface area contributed by atoms with E-state index in [1.165, 1.54) is 6.92 Å². The normalized spacial score (nSPS) is 10.6. The van der Waals surface area contributed by atoms with E-state index in [1.54, 1.807) is 23.1 Å². The molecule has 0 unspecified atom stereocenters. The van der Waals surface area contributed by atoms with Gasteiger partial charge in [0.15, 0.2) is 0 Å². The number of hydrogen-bond acceptors (Lipinski definition) is 2. The summed E-state index contributed by atoms with van der Waals surface area (Å²) < 4.78 is 0. The number of nitrogens with zero attached hydrogens (tertiary/aromatic N) is 1. The Morgan fingerprint density at radius 3 is 2.52 bits per heavy atom. The Balaban J connectivity index is 2.57. The molecule has 0 aliphatic carbocycles. The summed E-state index contributed by atoms with van der Waals surface area (Å²) >= 11 is 11.9. The highest BCUT2D eigenvalue weighted by Gasteiger charge is 2.13. The Morgan fingerprint density at radius 1 is 1.29 bits per heavy atom. The number of halogens is 2. The van der Waals surface area contributed by atoms with Crippen LogP contribution >= 0.6 is 23.2 Å². The largest absolute Gasteiger partial charge is 0.342 e. The minimum Gasteiger partial charge on any atom is -0.342 e. The number of hydrogen-bond donors (Lipinski definition) is 1. The van der Waals surface area contributed by atoms with E-state index in [0.29, 0.717) is 34.7 Å². The molecule has 0 saturated heterocycles. The second kappa shape index (κ2) is 8.25. The lowest BCUT2D eigenvalue weighted by atomic mass is 10.2. The van der Waals surface area contributed by atoms with E-state index >= 15 is 0 Å². The minimum absolute atomic E-state index is 0.0303. The van der Waals surface area contributed by atoms with Gasteiger partial charge in [-0.3, -0.25) is 9.59 Å². The molecule has 1 aromatic carbocycles. The van der Waals surface area contributed by atoms with E-state index in [4.69, 9.17) is 23.2 Å². The molecule has 6 heteroatoms. The van der Waals surface area contributed by atoms with Crippen molar-refractivity contribution in [2.45, 2.75) is 27.2 Å². The highest BCUT2D eigenvalue weighted by atomic mass is 35.5. The summed E-state index contributed by atoms with van der Waals surface area (Å²) in [4.78, 5) is 25.1. The number of rotatable bonds is 6. The summed E-state index contributed by atoms with van der Waals surface area (Å²) in [7, 11) is 0. The van der Waals surface area contributed by atoms with E-state index in [9.17, 15) is 9.59 Å². The Hall–Kier alpha value is -1.26. The van der Waals surface area contributed by atoms with Gasteiger partial charge in [0.05, 0.1) is 15.7 Å². The molecule has 1 rings (SSSR count). The van der Waals surface area contributed by atoms with Gasteiger partial charge in [-0.2, -0.15) is 0 Å². The lowest BCUT2D eigenvalue weighted by molar-refractivity contribution is -0.129. The molecular formula is C15H20Cl2N2O2. The molecule has 0 heterocycles. The average molecular weight is 331 g/mol. The van der Waals surface area contributed by atoms with Crippen molar-refractivity contribution in [1.82, 2.24) is 4.90 Å². The molecule has 1 N–H and O–H groups in total. The van der Waals surface area contributed by atoms with Gasteiger partial charge >= 0.3 is 0 Å². The van der Waals surface area contributed by atoms with Crippen molar-refractivity contribution in [3.8, 4) is 0 Å². The summed E-state index contributed by atoms with van der Waals surface area (Å²) in [6.45, 7) is 6.59. The Bertz CT molecular complexity index is 518. The fourth-order valence-electron chi connectivity index (χ4n) is 1.87. The smallest absolute Gasteiger partial charge is 0.226 e. The van der Waals surface area contributed by atoms with E-state index in [2.05, 4.69) is 5.32 Å². The quantitative estimate of drug-likeness (QED) is 0.861. The predicted octanol–water partition coefficient (Wildman–Crippen LogP) is 3.83. The monoisotopic (exact) mass is 330 g/mol. The Morgan fingerprint density at radius 2 is 1.95 bits per heavy atom. The highest BCUT2D eigenvalue weighted by molar-refractivity contribution is 6.43. The van der Waals surface area contributed by atoms with Crippen LogP contribution in [0.3, 0.4) is 0 Å². The summed E-state index contributed by atoms with van der Waals surface area (Å²) in [5.74, 6) is 0.130. The number of nitrogens with one attached hydrogen (secondary N) is 1. The maximum absolute atomic E-state index is 11.9. The van der Waals surface area contributed by atoms with Crippen molar-refractivity contribution in [3.63, 3.8) is 0 Å². The van der Waals surface area contributed by atoms with Crippen LogP contribution in [-0.4, -0.2) is 29.8 Å². The Kier molecular flexibility index (Phi) is 6.99. The number of amides is 2. The van der Waals surface area contributed by atoms with E-state index in [1.807, 2.05) is 13.8 Å². The zero-order valence-electron chi connectivity index (χ0n) is 12.5. The standard InChI is InChI=1S/C15H20Cl2N2O2/c1-10(2)9-19(11(3)20)8-7-14(21)18-13-6-4-5-12(16)15(13)17/h4-6,10H,7-9H2,1-3H3,(H,18,21). The van der Waals surface area contributed by atoms with Gasteiger partial charge in [-0.15, -0.1) is 0 Å². The van der Waals surface area contributed by atoms with Crippen molar-refractivity contribution in [2.24, 2.45) is 5.92 Å². The van der Waals surface area contributed by atoms with Gasteiger partial charge in [-0.05, 0) is 18.1 Å². The van der Waals surface area contributed by atoms with Crippen LogP contribution < -0.4 is 5.32 Å². The molecule has 1 aromatic rings. The number of anilines is 1. The highest BCUT2D eigenvalue weighted by Crippen LogP contribution is 2.29. The molecule has 116 valence electrons. The van der Waals surface area contributed by atoms with Crippen LogP contribution in [0, 0.1) is 5.92 Å². The van der Waals surface area contributed by atoms with Crippen molar-refractivity contribution in [3.05, 3.63) is 28.2 Å². The second-order valence-corrected chi connectivity index (χ2v) is 6.04. The average Bonchev–Trinajstić information content (AvgIpc) is 2.39.